The lowest BCUT2D eigenvalue weighted by Crippen LogP contribution is -2.26. The number of hydrogen-bond acceptors (Lipinski definition) is 3. The highest BCUT2D eigenvalue weighted by atomic mass is 32.1. The molecule has 0 spiro atoms. The molecule has 92 valence electrons. The molecule has 0 aromatic carbocycles. The van der Waals surface area contributed by atoms with Gasteiger partial charge in [-0.05, 0) is 19.8 Å². The average Bonchev–Trinajstić information content (AvgIpc) is 2.65. The number of halogens is 3. The van der Waals surface area contributed by atoms with Crippen LogP contribution >= 0.6 is 11.3 Å². The van der Waals surface area contributed by atoms with E-state index in [9.17, 15) is 13.2 Å². The Kier molecular flexibility index (Phi) is 5.21. The van der Waals surface area contributed by atoms with Crippen molar-refractivity contribution in [1.29, 1.82) is 0 Å². The highest BCUT2D eigenvalue weighted by molar-refractivity contribution is 7.07. The third-order valence-corrected chi connectivity index (χ3v) is 2.85. The maximum Gasteiger partial charge on any atom is 0.389 e. The Morgan fingerprint density at radius 3 is 2.81 bits per heavy atom. The first-order valence-electron chi connectivity index (χ1n) is 5.14. The normalized spacial score (nSPS) is 14.0. The van der Waals surface area contributed by atoms with Crippen molar-refractivity contribution in [2.75, 3.05) is 0 Å². The van der Waals surface area contributed by atoms with Crippen molar-refractivity contribution in [1.82, 2.24) is 10.3 Å². The van der Waals surface area contributed by atoms with Gasteiger partial charge in [0, 0.05) is 24.4 Å². The molecule has 0 radical (unpaired) electrons. The van der Waals surface area contributed by atoms with Gasteiger partial charge in [-0.15, -0.1) is 11.3 Å². The van der Waals surface area contributed by atoms with Crippen LogP contribution in [-0.2, 0) is 6.54 Å². The first kappa shape index (κ1) is 13.4. The van der Waals surface area contributed by atoms with E-state index < -0.39 is 12.6 Å². The molecular weight excluding hydrogens is 237 g/mol. The van der Waals surface area contributed by atoms with Crippen molar-refractivity contribution >= 4 is 11.3 Å². The molecule has 1 atom stereocenters. The molecule has 1 aromatic heterocycles. The van der Waals surface area contributed by atoms with E-state index in [1.54, 1.807) is 5.51 Å². The molecule has 0 fully saturated rings. The number of hydrogen-bond donors (Lipinski definition) is 1. The standard InChI is InChI=1S/C10H15F3N2S/c1-8(3-2-4-10(11,12)13)14-5-9-6-16-7-15-9/h6-8,14H,2-5H2,1H3. The minimum Gasteiger partial charge on any atom is -0.309 e. The van der Waals surface area contributed by atoms with E-state index in [-0.39, 0.29) is 12.5 Å². The number of alkyl halides is 3. The minimum atomic E-state index is -4.03. The third-order valence-electron chi connectivity index (χ3n) is 2.21. The van der Waals surface area contributed by atoms with Crippen molar-refractivity contribution in [2.24, 2.45) is 0 Å². The molecule has 2 nitrogen and oxygen atoms in total. The Hall–Kier alpha value is -0.620. The Morgan fingerprint density at radius 2 is 2.25 bits per heavy atom. The predicted molar refractivity (Wildman–Crippen MR) is 58.3 cm³/mol. The van der Waals surface area contributed by atoms with Gasteiger partial charge in [-0.25, -0.2) is 4.98 Å². The van der Waals surface area contributed by atoms with Crippen LogP contribution in [0.1, 0.15) is 31.9 Å². The lowest BCUT2D eigenvalue weighted by atomic mass is 10.1. The minimum absolute atomic E-state index is 0.0871. The van der Waals surface area contributed by atoms with E-state index in [2.05, 4.69) is 10.3 Å². The molecule has 0 saturated heterocycles. The first-order valence-corrected chi connectivity index (χ1v) is 6.09. The number of aromatic nitrogens is 1. The molecule has 1 unspecified atom stereocenters. The van der Waals surface area contributed by atoms with Crippen molar-refractivity contribution in [2.45, 2.75) is 44.9 Å². The molecule has 6 heteroatoms. The molecule has 1 rings (SSSR count). The van der Waals surface area contributed by atoms with Crippen LogP contribution in [-0.4, -0.2) is 17.2 Å². The first-order chi connectivity index (χ1) is 7.47. The van der Waals surface area contributed by atoms with Crippen LogP contribution in [0, 0.1) is 0 Å². The molecule has 0 aliphatic carbocycles. The van der Waals surface area contributed by atoms with Gasteiger partial charge in [0.25, 0.3) is 0 Å². The van der Waals surface area contributed by atoms with Crippen molar-refractivity contribution in [3.63, 3.8) is 0 Å². The van der Waals surface area contributed by atoms with E-state index in [4.69, 9.17) is 0 Å². The second-order valence-corrected chi connectivity index (χ2v) is 4.49. The Morgan fingerprint density at radius 1 is 1.50 bits per heavy atom. The van der Waals surface area contributed by atoms with E-state index in [0.717, 1.165) is 5.69 Å². The van der Waals surface area contributed by atoms with Crippen molar-refractivity contribution in [3.05, 3.63) is 16.6 Å². The van der Waals surface area contributed by atoms with Crippen LogP contribution in [0.25, 0.3) is 0 Å². The zero-order valence-electron chi connectivity index (χ0n) is 9.05. The second kappa shape index (κ2) is 6.20. The van der Waals surface area contributed by atoms with E-state index in [1.165, 1.54) is 11.3 Å². The Bertz CT molecular complexity index is 285. The summed E-state index contributed by atoms with van der Waals surface area (Å²) in [5.41, 5.74) is 2.68. The molecule has 0 bridgehead atoms. The van der Waals surface area contributed by atoms with Crippen LogP contribution in [0.2, 0.25) is 0 Å². The molecule has 0 aliphatic heterocycles. The SMILES string of the molecule is CC(CCCC(F)(F)F)NCc1cscn1. The molecule has 1 aromatic rings. The largest absolute Gasteiger partial charge is 0.389 e. The molecule has 0 aliphatic rings. The molecule has 1 N–H and O–H groups in total. The lowest BCUT2D eigenvalue weighted by molar-refractivity contribution is -0.135. The fourth-order valence-electron chi connectivity index (χ4n) is 1.31. The molecule has 1 heterocycles. The summed E-state index contributed by atoms with van der Waals surface area (Å²) in [5, 5.41) is 5.07. The van der Waals surface area contributed by atoms with Gasteiger partial charge in [0.05, 0.1) is 11.2 Å². The summed E-state index contributed by atoms with van der Waals surface area (Å²) in [7, 11) is 0. The molecule has 0 saturated carbocycles. The van der Waals surface area contributed by atoms with Gasteiger partial charge in [-0.1, -0.05) is 0 Å². The highest BCUT2D eigenvalue weighted by Gasteiger charge is 2.26. The van der Waals surface area contributed by atoms with Gasteiger partial charge >= 0.3 is 6.18 Å². The van der Waals surface area contributed by atoms with E-state index in [1.807, 2.05) is 12.3 Å². The molecule has 0 amide bonds. The van der Waals surface area contributed by atoms with Gasteiger partial charge in [0.2, 0.25) is 0 Å². The lowest BCUT2D eigenvalue weighted by Gasteiger charge is -2.13. The maximum atomic E-state index is 11.9. The van der Waals surface area contributed by atoms with Crippen molar-refractivity contribution < 1.29 is 13.2 Å². The number of thiazole rings is 1. The monoisotopic (exact) mass is 252 g/mol. The van der Waals surface area contributed by atoms with Gasteiger partial charge in [-0.3, -0.25) is 0 Å². The zero-order valence-corrected chi connectivity index (χ0v) is 9.87. The predicted octanol–water partition coefficient (Wildman–Crippen LogP) is 3.35. The number of nitrogens with one attached hydrogen (secondary N) is 1. The summed E-state index contributed by atoms with van der Waals surface area (Å²) in [4.78, 5) is 4.08. The quantitative estimate of drug-likeness (QED) is 0.839. The van der Waals surface area contributed by atoms with Gasteiger partial charge in [-0.2, -0.15) is 13.2 Å². The third kappa shape index (κ3) is 6.07. The smallest absolute Gasteiger partial charge is 0.309 e. The summed E-state index contributed by atoms with van der Waals surface area (Å²) in [6, 6.07) is 0.0871. The summed E-state index contributed by atoms with van der Waals surface area (Å²) < 4.78 is 35.7. The summed E-state index contributed by atoms with van der Waals surface area (Å²) in [5.74, 6) is 0. The summed E-state index contributed by atoms with van der Waals surface area (Å²) >= 11 is 1.51. The fourth-order valence-corrected chi connectivity index (χ4v) is 1.87. The van der Waals surface area contributed by atoms with Crippen LogP contribution < -0.4 is 5.32 Å². The van der Waals surface area contributed by atoms with Crippen LogP contribution in [0.5, 0.6) is 0 Å². The van der Waals surface area contributed by atoms with Crippen LogP contribution in [0.15, 0.2) is 10.9 Å². The zero-order chi connectivity index (χ0) is 12.0. The Balaban J connectivity index is 2.09. The molecular formula is C10H15F3N2S. The molecule has 16 heavy (non-hydrogen) atoms. The fraction of sp³-hybridized carbons (Fsp3) is 0.700. The average molecular weight is 252 g/mol. The topological polar surface area (TPSA) is 24.9 Å². The van der Waals surface area contributed by atoms with E-state index in [0.29, 0.717) is 13.0 Å². The summed E-state index contributed by atoms with van der Waals surface area (Å²) in [6.07, 6.45) is -4.03. The number of nitrogens with zero attached hydrogens (tertiary/aromatic N) is 1. The second-order valence-electron chi connectivity index (χ2n) is 3.77. The van der Waals surface area contributed by atoms with Crippen LogP contribution in [0.4, 0.5) is 13.2 Å². The van der Waals surface area contributed by atoms with Crippen molar-refractivity contribution in [3.8, 4) is 0 Å². The number of rotatable bonds is 6. The summed E-state index contributed by atoms with van der Waals surface area (Å²) in [6.45, 7) is 2.51. The van der Waals surface area contributed by atoms with Crippen LogP contribution in [0.3, 0.4) is 0 Å². The Labute approximate surface area is 96.9 Å². The van der Waals surface area contributed by atoms with Gasteiger partial charge in [0.15, 0.2) is 0 Å². The van der Waals surface area contributed by atoms with E-state index >= 15 is 0 Å². The highest BCUT2D eigenvalue weighted by Crippen LogP contribution is 2.22. The van der Waals surface area contributed by atoms with Gasteiger partial charge in [0.1, 0.15) is 0 Å². The van der Waals surface area contributed by atoms with Gasteiger partial charge < -0.3 is 5.32 Å². The maximum absolute atomic E-state index is 11.9.